The third kappa shape index (κ3) is 1.61. The topological polar surface area (TPSA) is 67.5 Å². The molecule has 1 N–H and O–H groups in total. The van der Waals surface area contributed by atoms with Gasteiger partial charge in [-0.1, -0.05) is 24.7 Å². The molecule has 0 saturated heterocycles. The maximum Gasteiger partial charge on any atom is 0.356 e. The Morgan fingerprint density at radius 3 is 2.93 bits per heavy atom. The number of rotatable bonds is 3. The van der Waals surface area contributed by atoms with Crippen molar-refractivity contribution in [2.24, 2.45) is 0 Å². The van der Waals surface area contributed by atoms with Gasteiger partial charge in [-0.15, -0.1) is 0 Å². The molecule has 2 rings (SSSR count). The van der Waals surface area contributed by atoms with Gasteiger partial charge in [0.1, 0.15) is 5.01 Å². The molecule has 0 aliphatic rings. The maximum atomic E-state index is 11.1. The highest BCUT2D eigenvalue weighted by molar-refractivity contribution is 7.16. The fraction of sp³-hybridized carbons (Fsp3) is 0.444. The first-order valence-electron chi connectivity index (χ1n) is 4.71. The third-order valence-corrected chi connectivity index (χ3v) is 2.89. The Balaban J connectivity index is 2.65. The summed E-state index contributed by atoms with van der Waals surface area (Å²) in [6, 6.07) is 0. The Morgan fingerprint density at radius 1 is 1.60 bits per heavy atom. The molecule has 0 radical (unpaired) electrons. The number of aryl methyl sites for hydroxylation is 2. The van der Waals surface area contributed by atoms with Crippen molar-refractivity contribution in [3.05, 3.63) is 16.4 Å². The van der Waals surface area contributed by atoms with Crippen molar-refractivity contribution in [1.29, 1.82) is 0 Å². The summed E-state index contributed by atoms with van der Waals surface area (Å²) in [5.41, 5.74) is 0.833. The van der Waals surface area contributed by atoms with Gasteiger partial charge in [-0.3, -0.25) is 0 Å². The Hall–Kier alpha value is -1.43. The zero-order valence-corrected chi connectivity index (χ0v) is 9.34. The van der Waals surface area contributed by atoms with Crippen molar-refractivity contribution in [2.45, 2.75) is 26.7 Å². The van der Waals surface area contributed by atoms with Crippen molar-refractivity contribution in [3.63, 3.8) is 0 Å². The van der Waals surface area contributed by atoms with Gasteiger partial charge in [0, 0.05) is 0 Å². The van der Waals surface area contributed by atoms with Gasteiger partial charge in [0.2, 0.25) is 4.96 Å². The smallest absolute Gasteiger partial charge is 0.356 e. The van der Waals surface area contributed by atoms with E-state index in [1.165, 1.54) is 15.9 Å². The van der Waals surface area contributed by atoms with Crippen LogP contribution in [0.2, 0.25) is 0 Å². The van der Waals surface area contributed by atoms with E-state index in [9.17, 15) is 4.79 Å². The summed E-state index contributed by atoms with van der Waals surface area (Å²) >= 11 is 1.41. The Kier molecular flexibility index (Phi) is 2.44. The van der Waals surface area contributed by atoms with Gasteiger partial charge < -0.3 is 5.11 Å². The van der Waals surface area contributed by atoms with E-state index in [2.05, 4.69) is 10.1 Å². The lowest BCUT2D eigenvalue weighted by atomic mass is 10.2. The molecule has 0 aromatic carbocycles. The van der Waals surface area contributed by atoms with Gasteiger partial charge in [0.25, 0.3) is 0 Å². The standard InChI is InChI=1S/C9H11N3O2S/c1-3-4-6-7(8(13)14)12-9(10-6)15-5(2)11-12/h3-4H2,1-2H3,(H,13,14). The minimum absolute atomic E-state index is 0.205. The minimum Gasteiger partial charge on any atom is -0.476 e. The van der Waals surface area contributed by atoms with Gasteiger partial charge in [-0.05, 0) is 13.3 Å². The molecule has 15 heavy (non-hydrogen) atoms. The predicted octanol–water partition coefficient (Wildman–Crippen LogP) is 1.75. The van der Waals surface area contributed by atoms with Gasteiger partial charge in [0.15, 0.2) is 5.69 Å². The number of carbonyl (C=O) groups is 1. The zero-order chi connectivity index (χ0) is 11.0. The van der Waals surface area contributed by atoms with Crippen LogP contribution >= 0.6 is 11.3 Å². The van der Waals surface area contributed by atoms with Crippen molar-refractivity contribution in [3.8, 4) is 0 Å². The van der Waals surface area contributed by atoms with Crippen molar-refractivity contribution < 1.29 is 9.90 Å². The first-order chi connectivity index (χ1) is 7.13. The number of hydrogen-bond donors (Lipinski definition) is 1. The molecular weight excluding hydrogens is 214 g/mol. The molecule has 80 valence electrons. The fourth-order valence-corrected chi connectivity index (χ4v) is 2.27. The van der Waals surface area contributed by atoms with Crippen LogP contribution in [0.15, 0.2) is 0 Å². The summed E-state index contributed by atoms with van der Waals surface area (Å²) in [7, 11) is 0. The molecule has 6 heteroatoms. The first kappa shape index (κ1) is 10.1. The van der Waals surface area contributed by atoms with E-state index in [0.29, 0.717) is 17.1 Å². The lowest BCUT2D eigenvalue weighted by molar-refractivity contribution is 0.0686. The van der Waals surface area contributed by atoms with Crippen LogP contribution in [0.3, 0.4) is 0 Å². The van der Waals surface area contributed by atoms with E-state index >= 15 is 0 Å². The SMILES string of the molecule is CCCc1nc2sc(C)nn2c1C(=O)O. The summed E-state index contributed by atoms with van der Waals surface area (Å²) in [6.45, 7) is 3.84. The minimum atomic E-state index is -0.962. The Morgan fingerprint density at radius 2 is 2.33 bits per heavy atom. The summed E-state index contributed by atoms with van der Waals surface area (Å²) in [4.78, 5) is 16.0. The molecule has 2 aromatic rings. The van der Waals surface area contributed by atoms with Gasteiger partial charge in [-0.2, -0.15) is 9.61 Å². The number of carboxylic acid groups (broad SMARTS) is 1. The predicted molar refractivity (Wildman–Crippen MR) is 56.6 cm³/mol. The molecule has 0 spiro atoms. The molecular formula is C9H11N3O2S. The molecule has 5 nitrogen and oxygen atoms in total. The largest absolute Gasteiger partial charge is 0.476 e. The average Bonchev–Trinajstić information content (AvgIpc) is 2.59. The Labute approximate surface area is 90.4 Å². The summed E-state index contributed by atoms with van der Waals surface area (Å²) in [5.74, 6) is -0.962. The van der Waals surface area contributed by atoms with E-state index < -0.39 is 5.97 Å². The summed E-state index contributed by atoms with van der Waals surface area (Å²) in [5, 5.41) is 14.0. The van der Waals surface area contributed by atoms with Crippen LogP contribution < -0.4 is 0 Å². The second-order valence-electron chi connectivity index (χ2n) is 3.28. The number of nitrogens with zero attached hydrogens (tertiary/aromatic N) is 3. The molecule has 0 saturated carbocycles. The fourth-order valence-electron chi connectivity index (χ4n) is 1.51. The normalized spacial score (nSPS) is 11.1. The molecule has 0 bridgehead atoms. The summed E-state index contributed by atoms with van der Waals surface area (Å²) in [6.07, 6.45) is 1.56. The number of aromatic nitrogens is 3. The van der Waals surface area contributed by atoms with Gasteiger partial charge in [0.05, 0.1) is 5.69 Å². The van der Waals surface area contributed by atoms with Gasteiger partial charge in [-0.25, -0.2) is 9.78 Å². The third-order valence-electron chi connectivity index (χ3n) is 2.07. The van der Waals surface area contributed by atoms with E-state index in [1.807, 2.05) is 13.8 Å². The molecule has 2 aromatic heterocycles. The number of imidazole rings is 1. The monoisotopic (exact) mass is 225 g/mol. The Bertz CT molecular complexity index is 515. The van der Waals surface area contributed by atoms with Crippen LogP contribution in [0, 0.1) is 6.92 Å². The van der Waals surface area contributed by atoms with Crippen LogP contribution in [0.1, 0.15) is 34.5 Å². The highest BCUT2D eigenvalue weighted by Crippen LogP contribution is 2.19. The highest BCUT2D eigenvalue weighted by atomic mass is 32.1. The van der Waals surface area contributed by atoms with E-state index in [1.54, 1.807) is 0 Å². The number of fused-ring (bicyclic) bond motifs is 1. The van der Waals surface area contributed by atoms with Crippen LogP contribution in [-0.4, -0.2) is 25.7 Å². The number of hydrogen-bond acceptors (Lipinski definition) is 4. The van der Waals surface area contributed by atoms with Crippen LogP contribution in [0.5, 0.6) is 0 Å². The van der Waals surface area contributed by atoms with Crippen LogP contribution in [0.25, 0.3) is 4.96 Å². The quantitative estimate of drug-likeness (QED) is 0.864. The lowest BCUT2D eigenvalue weighted by Crippen LogP contribution is -2.06. The second-order valence-corrected chi connectivity index (χ2v) is 4.44. The maximum absolute atomic E-state index is 11.1. The van der Waals surface area contributed by atoms with Crippen molar-refractivity contribution in [2.75, 3.05) is 0 Å². The van der Waals surface area contributed by atoms with Crippen LogP contribution in [0.4, 0.5) is 0 Å². The summed E-state index contributed by atoms with van der Waals surface area (Å²) < 4.78 is 1.42. The van der Waals surface area contributed by atoms with E-state index in [0.717, 1.165) is 11.4 Å². The highest BCUT2D eigenvalue weighted by Gasteiger charge is 2.20. The van der Waals surface area contributed by atoms with Crippen LogP contribution in [-0.2, 0) is 6.42 Å². The molecule has 0 atom stereocenters. The van der Waals surface area contributed by atoms with E-state index in [4.69, 9.17) is 5.11 Å². The molecule has 2 heterocycles. The van der Waals surface area contributed by atoms with Crippen molar-refractivity contribution >= 4 is 22.3 Å². The zero-order valence-electron chi connectivity index (χ0n) is 8.52. The number of aromatic carboxylic acids is 1. The molecule has 0 fully saturated rings. The van der Waals surface area contributed by atoms with E-state index in [-0.39, 0.29) is 5.69 Å². The average molecular weight is 225 g/mol. The molecule has 0 amide bonds. The second kappa shape index (κ2) is 3.62. The molecule has 0 aliphatic heterocycles. The first-order valence-corrected chi connectivity index (χ1v) is 5.53. The van der Waals surface area contributed by atoms with Gasteiger partial charge >= 0.3 is 5.97 Å². The number of carboxylic acids is 1. The molecule has 0 aliphatic carbocycles. The molecule has 0 unspecified atom stereocenters. The van der Waals surface area contributed by atoms with Crippen molar-refractivity contribution in [1.82, 2.24) is 14.6 Å². The lowest BCUT2D eigenvalue weighted by Gasteiger charge is -1.95.